The van der Waals surface area contributed by atoms with Crippen LogP contribution in [0.3, 0.4) is 0 Å². The molecular formula is C22H21NO6. The molecular weight excluding hydrogens is 374 g/mol. The first kappa shape index (κ1) is 20.0. The van der Waals surface area contributed by atoms with E-state index in [0.717, 1.165) is 5.56 Å². The lowest BCUT2D eigenvalue weighted by molar-refractivity contribution is -0.139. The average Bonchev–Trinajstić information content (AvgIpc) is 3.25. The van der Waals surface area contributed by atoms with Crippen LogP contribution < -0.4 is 14.2 Å². The molecule has 0 unspecified atom stereocenters. The van der Waals surface area contributed by atoms with Crippen molar-refractivity contribution in [2.75, 3.05) is 21.3 Å². The van der Waals surface area contributed by atoms with Gasteiger partial charge in [0.05, 0.1) is 27.5 Å². The van der Waals surface area contributed by atoms with E-state index in [9.17, 15) is 4.79 Å². The minimum atomic E-state index is -0.529. The number of hydrogen-bond donors (Lipinski definition) is 0. The summed E-state index contributed by atoms with van der Waals surface area (Å²) in [5.74, 6) is 1.87. The van der Waals surface area contributed by atoms with Crippen LogP contribution in [0.5, 0.6) is 17.2 Å². The van der Waals surface area contributed by atoms with E-state index < -0.39 is 5.97 Å². The summed E-state index contributed by atoms with van der Waals surface area (Å²) in [5, 5.41) is 0. The predicted molar refractivity (Wildman–Crippen MR) is 107 cm³/mol. The van der Waals surface area contributed by atoms with E-state index in [-0.39, 0.29) is 6.61 Å². The summed E-state index contributed by atoms with van der Waals surface area (Å²) in [6.07, 6.45) is 4.50. The number of benzene rings is 2. The first-order valence-corrected chi connectivity index (χ1v) is 8.79. The van der Waals surface area contributed by atoms with E-state index in [2.05, 4.69) is 4.98 Å². The summed E-state index contributed by atoms with van der Waals surface area (Å²) in [5.41, 5.74) is 1.60. The molecule has 2 aromatic carbocycles. The van der Waals surface area contributed by atoms with Crippen LogP contribution in [0.25, 0.3) is 17.4 Å². The predicted octanol–water partition coefficient (Wildman–Crippen LogP) is 4.12. The molecule has 0 saturated carbocycles. The van der Waals surface area contributed by atoms with E-state index >= 15 is 0 Å². The highest BCUT2D eigenvalue weighted by atomic mass is 16.5. The van der Waals surface area contributed by atoms with Gasteiger partial charge in [0.1, 0.15) is 0 Å². The van der Waals surface area contributed by atoms with Crippen molar-refractivity contribution in [3.8, 4) is 28.6 Å². The van der Waals surface area contributed by atoms with Crippen LogP contribution in [-0.2, 0) is 16.1 Å². The molecule has 0 N–H and O–H groups in total. The Hall–Kier alpha value is -3.74. The maximum atomic E-state index is 12.0. The van der Waals surface area contributed by atoms with Crippen molar-refractivity contribution < 1.29 is 28.2 Å². The first-order valence-electron chi connectivity index (χ1n) is 8.79. The van der Waals surface area contributed by atoms with Crippen molar-refractivity contribution >= 4 is 12.0 Å². The number of carbonyl (C=O) groups is 1. The normalized spacial score (nSPS) is 10.7. The van der Waals surface area contributed by atoms with E-state index in [1.54, 1.807) is 24.4 Å². The van der Waals surface area contributed by atoms with Gasteiger partial charge in [0.25, 0.3) is 0 Å². The summed E-state index contributed by atoms with van der Waals surface area (Å²) >= 11 is 0. The highest BCUT2D eigenvalue weighted by Gasteiger charge is 2.12. The number of methoxy groups -OCH3 is 3. The van der Waals surface area contributed by atoms with Gasteiger partial charge in [-0.15, -0.1) is 0 Å². The molecule has 150 valence electrons. The monoisotopic (exact) mass is 395 g/mol. The molecule has 0 saturated heterocycles. The van der Waals surface area contributed by atoms with E-state index in [1.165, 1.54) is 27.4 Å². The van der Waals surface area contributed by atoms with Crippen LogP contribution in [0.2, 0.25) is 0 Å². The Balaban J connectivity index is 1.62. The molecule has 0 bridgehead atoms. The Bertz CT molecular complexity index is 969. The molecule has 0 aliphatic rings. The van der Waals surface area contributed by atoms with Crippen molar-refractivity contribution in [2.45, 2.75) is 6.61 Å². The van der Waals surface area contributed by atoms with Gasteiger partial charge in [0, 0.05) is 11.6 Å². The van der Waals surface area contributed by atoms with Gasteiger partial charge in [-0.25, -0.2) is 9.78 Å². The Labute approximate surface area is 168 Å². The minimum absolute atomic E-state index is 0.0642. The summed E-state index contributed by atoms with van der Waals surface area (Å²) in [7, 11) is 4.58. The fourth-order valence-corrected chi connectivity index (χ4v) is 2.66. The molecule has 0 fully saturated rings. The minimum Gasteiger partial charge on any atom is -0.493 e. The van der Waals surface area contributed by atoms with Gasteiger partial charge >= 0.3 is 5.97 Å². The third-order valence-corrected chi connectivity index (χ3v) is 4.05. The zero-order chi connectivity index (χ0) is 20.6. The van der Waals surface area contributed by atoms with Gasteiger partial charge in [0.2, 0.25) is 11.6 Å². The second-order valence-electron chi connectivity index (χ2n) is 5.88. The Morgan fingerprint density at radius 1 is 1.03 bits per heavy atom. The Morgan fingerprint density at radius 3 is 2.34 bits per heavy atom. The van der Waals surface area contributed by atoms with Gasteiger partial charge in [-0.1, -0.05) is 30.3 Å². The van der Waals surface area contributed by atoms with E-state index in [0.29, 0.717) is 34.5 Å². The lowest BCUT2D eigenvalue weighted by Crippen LogP contribution is -2.01. The summed E-state index contributed by atoms with van der Waals surface area (Å²) in [6.45, 7) is -0.0642. The largest absolute Gasteiger partial charge is 0.493 e. The Morgan fingerprint density at radius 2 is 1.72 bits per heavy atom. The van der Waals surface area contributed by atoms with Crippen LogP contribution in [0.4, 0.5) is 0 Å². The maximum Gasteiger partial charge on any atom is 0.331 e. The molecule has 0 amide bonds. The number of oxazole rings is 1. The summed E-state index contributed by atoms with van der Waals surface area (Å²) < 4.78 is 26.7. The number of hydrogen-bond acceptors (Lipinski definition) is 7. The van der Waals surface area contributed by atoms with Crippen LogP contribution in [0, 0.1) is 0 Å². The zero-order valence-corrected chi connectivity index (χ0v) is 16.4. The second kappa shape index (κ2) is 9.45. The van der Waals surface area contributed by atoms with Crippen LogP contribution in [0.1, 0.15) is 11.5 Å². The van der Waals surface area contributed by atoms with E-state index in [1.807, 2.05) is 30.3 Å². The van der Waals surface area contributed by atoms with Crippen LogP contribution >= 0.6 is 0 Å². The van der Waals surface area contributed by atoms with Crippen LogP contribution in [-0.4, -0.2) is 32.3 Å². The Kier molecular flexibility index (Phi) is 6.52. The molecule has 7 nitrogen and oxygen atoms in total. The first-order chi connectivity index (χ1) is 14.1. The SMILES string of the molecule is COc1cc(/C=C/C(=O)OCc2ncc(-c3ccccc3)o2)cc(OC)c1OC. The van der Waals surface area contributed by atoms with Crippen LogP contribution in [0.15, 0.2) is 59.2 Å². The number of esters is 1. The lowest BCUT2D eigenvalue weighted by Gasteiger charge is -2.12. The third kappa shape index (κ3) is 4.95. The fourth-order valence-electron chi connectivity index (χ4n) is 2.66. The fraction of sp³-hybridized carbons (Fsp3) is 0.182. The molecule has 0 aliphatic heterocycles. The molecule has 0 atom stereocenters. The number of nitrogens with zero attached hydrogens (tertiary/aromatic N) is 1. The van der Waals surface area contributed by atoms with Gasteiger partial charge in [0.15, 0.2) is 23.9 Å². The highest BCUT2D eigenvalue weighted by Crippen LogP contribution is 2.38. The second-order valence-corrected chi connectivity index (χ2v) is 5.88. The van der Waals surface area contributed by atoms with Crippen molar-refractivity contribution in [3.05, 3.63) is 66.2 Å². The average molecular weight is 395 g/mol. The van der Waals surface area contributed by atoms with E-state index in [4.69, 9.17) is 23.4 Å². The zero-order valence-electron chi connectivity index (χ0n) is 16.4. The molecule has 0 spiro atoms. The molecule has 29 heavy (non-hydrogen) atoms. The number of ether oxygens (including phenoxy) is 4. The number of aromatic nitrogens is 1. The molecule has 0 aliphatic carbocycles. The van der Waals surface area contributed by atoms with Crippen molar-refractivity contribution in [2.24, 2.45) is 0 Å². The standard InChI is InChI=1S/C22H21NO6/c1-25-17-11-15(12-18(26-2)22(17)27-3)9-10-21(24)28-14-20-23-13-19(29-20)16-7-5-4-6-8-16/h4-13H,14H2,1-3H3/b10-9+. The molecule has 3 rings (SSSR count). The topological polar surface area (TPSA) is 80.0 Å². The van der Waals surface area contributed by atoms with Crippen molar-refractivity contribution in [1.29, 1.82) is 0 Å². The van der Waals surface area contributed by atoms with Gasteiger partial charge in [-0.05, 0) is 23.8 Å². The van der Waals surface area contributed by atoms with Gasteiger partial charge < -0.3 is 23.4 Å². The third-order valence-electron chi connectivity index (χ3n) is 4.05. The summed E-state index contributed by atoms with van der Waals surface area (Å²) in [4.78, 5) is 16.2. The molecule has 1 heterocycles. The van der Waals surface area contributed by atoms with Crippen molar-refractivity contribution in [3.63, 3.8) is 0 Å². The molecule has 3 aromatic rings. The maximum absolute atomic E-state index is 12.0. The lowest BCUT2D eigenvalue weighted by atomic mass is 10.1. The van der Waals surface area contributed by atoms with Crippen molar-refractivity contribution in [1.82, 2.24) is 4.98 Å². The number of carbonyl (C=O) groups excluding carboxylic acids is 1. The smallest absolute Gasteiger partial charge is 0.331 e. The molecule has 7 heteroatoms. The number of rotatable bonds is 8. The summed E-state index contributed by atoms with van der Waals surface area (Å²) in [6, 6.07) is 13.0. The molecule has 0 radical (unpaired) electrons. The van der Waals surface area contributed by atoms with Gasteiger partial charge in [-0.2, -0.15) is 0 Å². The molecule has 1 aromatic heterocycles. The van der Waals surface area contributed by atoms with Gasteiger partial charge in [-0.3, -0.25) is 0 Å². The highest BCUT2D eigenvalue weighted by molar-refractivity contribution is 5.87. The quantitative estimate of drug-likeness (QED) is 0.419.